The fraction of sp³-hybridized carbons (Fsp3) is 0.306. The Hall–Kier alpha value is -4.69. The van der Waals surface area contributed by atoms with Crippen LogP contribution in [-0.2, 0) is 17.9 Å². The molecule has 0 unspecified atom stereocenters. The third-order valence-corrected chi connectivity index (χ3v) is 10.3. The Morgan fingerprint density at radius 3 is 2.29 bits per heavy atom. The first kappa shape index (κ1) is 34.2. The normalized spacial score (nSPS) is 16.8. The lowest BCUT2D eigenvalue weighted by atomic mass is 9.93. The molecular formula is C36H37F2N5O5S. The molecule has 1 atom stereocenters. The van der Waals surface area contributed by atoms with E-state index < -0.39 is 47.6 Å². The number of aromatic nitrogens is 2. The third kappa shape index (κ3) is 7.20. The number of urea groups is 1. The highest BCUT2D eigenvalue weighted by molar-refractivity contribution is 7.22. The number of hydrogen-bond acceptors (Lipinski definition) is 7. The summed E-state index contributed by atoms with van der Waals surface area (Å²) in [5.74, 6) is -1.59. The van der Waals surface area contributed by atoms with Gasteiger partial charge in [-0.25, -0.2) is 23.9 Å². The maximum absolute atomic E-state index is 15.0. The van der Waals surface area contributed by atoms with E-state index in [0.29, 0.717) is 52.2 Å². The first-order chi connectivity index (χ1) is 23.7. The molecule has 1 aliphatic rings. The molecule has 13 heteroatoms. The lowest BCUT2D eigenvalue weighted by Gasteiger charge is -2.27. The largest absolute Gasteiger partial charge is 0.393 e. The molecule has 1 fully saturated rings. The molecule has 0 saturated heterocycles. The maximum Gasteiger partial charge on any atom is 0.343 e. The maximum atomic E-state index is 15.0. The van der Waals surface area contributed by atoms with Gasteiger partial charge in [0.15, 0.2) is 0 Å². The average molecular weight is 690 g/mol. The van der Waals surface area contributed by atoms with Crippen molar-refractivity contribution in [2.75, 3.05) is 12.4 Å². The minimum atomic E-state index is -0.797. The number of fused-ring (bicyclic) bond motifs is 1. The molecule has 0 radical (unpaired) electrons. The highest BCUT2D eigenvalue weighted by Gasteiger charge is 2.29. The van der Waals surface area contributed by atoms with Crippen LogP contribution in [0.1, 0.15) is 61.4 Å². The topological polar surface area (TPSA) is 127 Å². The van der Waals surface area contributed by atoms with Gasteiger partial charge < -0.3 is 15.7 Å². The van der Waals surface area contributed by atoms with Crippen LogP contribution in [0.2, 0.25) is 0 Å². The van der Waals surface area contributed by atoms with E-state index in [1.807, 2.05) is 37.3 Å². The van der Waals surface area contributed by atoms with Gasteiger partial charge in [0.1, 0.15) is 16.5 Å². The van der Waals surface area contributed by atoms with Gasteiger partial charge in [0, 0.05) is 34.8 Å². The first-order valence-electron chi connectivity index (χ1n) is 16.1. The van der Waals surface area contributed by atoms with Crippen molar-refractivity contribution < 1.29 is 23.5 Å². The number of halogens is 2. The van der Waals surface area contributed by atoms with E-state index in [4.69, 9.17) is 0 Å². The number of nitrogens with zero attached hydrogens (tertiary/aromatic N) is 2. The Morgan fingerprint density at radius 2 is 1.63 bits per heavy atom. The van der Waals surface area contributed by atoms with Crippen LogP contribution in [0.25, 0.3) is 20.7 Å². The van der Waals surface area contributed by atoms with Gasteiger partial charge in [-0.3, -0.25) is 18.8 Å². The van der Waals surface area contributed by atoms with Crippen molar-refractivity contribution >= 4 is 33.3 Å². The monoisotopic (exact) mass is 689 g/mol. The Labute approximate surface area is 284 Å². The fourth-order valence-electron chi connectivity index (χ4n) is 6.38. The summed E-state index contributed by atoms with van der Waals surface area (Å²) in [6, 6.07) is 19.2. The van der Waals surface area contributed by atoms with Crippen LogP contribution in [0.5, 0.6) is 0 Å². The van der Waals surface area contributed by atoms with Gasteiger partial charge in [0.05, 0.1) is 25.1 Å². The van der Waals surface area contributed by atoms with Gasteiger partial charge in [0.2, 0.25) is 0 Å². The number of anilines is 1. The van der Waals surface area contributed by atoms with Gasteiger partial charge in [-0.1, -0.05) is 48.5 Å². The number of carbonyl (C=O) groups is 1. The first-order valence-corrected chi connectivity index (χ1v) is 16.9. The summed E-state index contributed by atoms with van der Waals surface area (Å²) in [6.45, 7) is 1.83. The standard InChI is InChI=1S/C36H37F2N5O5S/c1-21(22-7-4-3-5-8-22)39-19-27-31-33(45)43(25-15-17-26(44)18-16-25)36(47)42(20-28-29(37)9-6-10-30(28)38)34(31)49-32(27)23-11-13-24(14-12-23)40-35(46)41-48-2/h3-14,21,25-26,39,44H,15-20H2,1-2H3,(H2,40,41,46)/t21-,25?,26?/m1/s1. The number of carbonyl (C=O) groups excluding carboxylic acids is 1. The Bertz CT molecular complexity index is 2050. The second-order valence-corrected chi connectivity index (χ2v) is 13.1. The van der Waals surface area contributed by atoms with Crippen molar-refractivity contribution in [1.82, 2.24) is 19.9 Å². The molecule has 256 valence electrons. The molecule has 1 aliphatic carbocycles. The molecule has 0 aliphatic heterocycles. The predicted molar refractivity (Wildman–Crippen MR) is 186 cm³/mol. The van der Waals surface area contributed by atoms with Crippen LogP contribution < -0.4 is 27.4 Å². The van der Waals surface area contributed by atoms with Crippen LogP contribution in [0.4, 0.5) is 19.3 Å². The molecule has 5 aromatic rings. The summed E-state index contributed by atoms with van der Waals surface area (Å²) < 4.78 is 32.6. The molecule has 10 nitrogen and oxygen atoms in total. The fourth-order valence-corrected chi connectivity index (χ4v) is 7.69. The summed E-state index contributed by atoms with van der Waals surface area (Å²) in [7, 11) is 1.32. The number of nitrogens with one attached hydrogen (secondary N) is 3. The van der Waals surface area contributed by atoms with E-state index in [9.17, 15) is 19.5 Å². The van der Waals surface area contributed by atoms with Crippen molar-refractivity contribution in [3.63, 3.8) is 0 Å². The third-order valence-electron chi connectivity index (χ3n) is 9.00. The summed E-state index contributed by atoms with van der Waals surface area (Å²) in [5.41, 5.74) is 3.66. The van der Waals surface area contributed by atoms with E-state index in [-0.39, 0.29) is 23.5 Å². The molecule has 3 aromatic carbocycles. The van der Waals surface area contributed by atoms with Crippen LogP contribution in [-0.4, -0.2) is 33.5 Å². The zero-order valence-electron chi connectivity index (χ0n) is 27.0. The van der Waals surface area contributed by atoms with Crippen molar-refractivity contribution in [2.45, 2.75) is 63.9 Å². The number of hydroxylamine groups is 1. The molecule has 2 amide bonds. The lowest BCUT2D eigenvalue weighted by molar-refractivity contribution is 0.108. The number of hydrogen-bond donors (Lipinski definition) is 4. The van der Waals surface area contributed by atoms with Crippen molar-refractivity contribution in [2.24, 2.45) is 0 Å². The van der Waals surface area contributed by atoms with Crippen molar-refractivity contribution in [3.8, 4) is 10.4 Å². The van der Waals surface area contributed by atoms with E-state index in [0.717, 1.165) is 17.7 Å². The molecule has 1 saturated carbocycles. The molecule has 4 N–H and O–H groups in total. The van der Waals surface area contributed by atoms with Crippen LogP contribution in [0, 0.1) is 11.6 Å². The second kappa shape index (κ2) is 14.8. The molecule has 0 bridgehead atoms. The zero-order chi connectivity index (χ0) is 34.7. The summed E-state index contributed by atoms with van der Waals surface area (Å²) in [4.78, 5) is 46.5. The number of thiophene rings is 1. The number of rotatable bonds is 10. The van der Waals surface area contributed by atoms with Gasteiger partial charge in [-0.2, -0.15) is 0 Å². The quantitative estimate of drug-likeness (QED) is 0.129. The predicted octanol–water partition coefficient (Wildman–Crippen LogP) is 6.23. The minimum Gasteiger partial charge on any atom is -0.393 e. The SMILES string of the molecule is CONC(=O)Nc1ccc(-c2sc3c(c2CN[C@H](C)c2ccccc2)c(=O)n(C2CCC(O)CC2)c(=O)n3Cc2c(F)cccc2F)cc1. The Balaban J connectivity index is 1.55. The number of aliphatic hydroxyl groups is 1. The smallest absolute Gasteiger partial charge is 0.343 e. The van der Waals surface area contributed by atoms with Gasteiger partial charge >= 0.3 is 11.7 Å². The highest BCUT2D eigenvalue weighted by Crippen LogP contribution is 2.39. The van der Waals surface area contributed by atoms with Crippen molar-refractivity contribution in [1.29, 1.82) is 0 Å². The highest BCUT2D eigenvalue weighted by atomic mass is 32.1. The molecule has 2 heterocycles. The van der Waals surface area contributed by atoms with E-state index in [1.54, 1.807) is 24.3 Å². The Morgan fingerprint density at radius 1 is 0.959 bits per heavy atom. The molecular weight excluding hydrogens is 652 g/mol. The molecule has 6 rings (SSSR count). The zero-order valence-corrected chi connectivity index (χ0v) is 27.9. The number of benzene rings is 3. The average Bonchev–Trinajstić information content (AvgIpc) is 3.48. The van der Waals surface area contributed by atoms with Crippen LogP contribution >= 0.6 is 11.3 Å². The van der Waals surface area contributed by atoms with Gasteiger partial charge in [-0.15, -0.1) is 11.3 Å². The van der Waals surface area contributed by atoms with E-state index >= 15 is 8.78 Å². The van der Waals surface area contributed by atoms with Gasteiger partial charge in [-0.05, 0) is 73.6 Å². The number of aliphatic hydroxyl groups excluding tert-OH is 1. The van der Waals surface area contributed by atoms with E-state index in [2.05, 4.69) is 21.0 Å². The minimum absolute atomic E-state index is 0.102. The Kier molecular flexibility index (Phi) is 10.3. The van der Waals surface area contributed by atoms with Gasteiger partial charge in [0.25, 0.3) is 5.56 Å². The second-order valence-electron chi connectivity index (χ2n) is 12.1. The summed E-state index contributed by atoms with van der Waals surface area (Å²) >= 11 is 1.20. The lowest BCUT2D eigenvalue weighted by Crippen LogP contribution is -2.43. The molecule has 0 spiro atoms. The number of amides is 2. The molecule has 2 aromatic heterocycles. The van der Waals surface area contributed by atoms with Crippen LogP contribution in [0.3, 0.4) is 0 Å². The molecule has 49 heavy (non-hydrogen) atoms. The van der Waals surface area contributed by atoms with E-state index in [1.165, 1.54) is 33.6 Å². The summed E-state index contributed by atoms with van der Waals surface area (Å²) in [5, 5.41) is 16.7. The van der Waals surface area contributed by atoms with Crippen LogP contribution in [0.15, 0.2) is 82.4 Å². The summed E-state index contributed by atoms with van der Waals surface area (Å²) in [6.07, 6.45) is 1.16. The van der Waals surface area contributed by atoms with Crippen molar-refractivity contribution in [3.05, 3.63) is 122 Å².